The Morgan fingerprint density at radius 2 is 1.95 bits per heavy atom. The number of aromatic nitrogens is 4. The molecular formula is C28H28N6O3. The number of carbonyl (C=O) groups excluding carboxylic acids is 1. The van der Waals surface area contributed by atoms with E-state index in [-0.39, 0.29) is 11.9 Å². The molecule has 9 heteroatoms. The van der Waals surface area contributed by atoms with Gasteiger partial charge in [-0.25, -0.2) is 19.7 Å². The van der Waals surface area contributed by atoms with Gasteiger partial charge in [0.1, 0.15) is 12.0 Å². The molecule has 2 aliphatic heterocycles. The Labute approximate surface area is 214 Å². The van der Waals surface area contributed by atoms with Crippen LogP contribution in [0.4, 0.5) is 4.79 Å². The van der Waals surface area contributed by atoms with Crippen LogP contribution in [-0.2, 0) is 13.0 Å². The molecule has 2 aliphatic rings. The summed E-state index contributed by atoms with van der Waals surface area (Å²) in [4.78, 5) is 44.9. The van der Waals surface area contributed by atoms with Gasteiger partial charge in [-0.2, -0.15) is 0 Å². The normalized spacial score (nSPS) is 17.3. The van der Waals surface area contributed by atoms with Gasteiger partial charge in [0.2, 0.25) is 0 Å². The summed E-state index contributed by atoms with van der Waals surface area (Å²) >= 11 is 0. The highest BCUT2D eigenvalue weighted by molar-refractivity contribution is 5.95. The second-order valence-electron chi connectivity index (χ2n) is 9.93. The lowest BCUT2D eigenvalue weighted by molar-refractivity contribution is 0.0730. The van der Waals surface area contributed by atoms with Gasteiger partial charge >= 0.3 is 6.09 Å². The second-order valence-corrected chi connectivity index (χ2v) is 9.93. The molecule has 188 valence electrons. The highest BCUT2D eigenvalue weighted by Gasteiger charge is 2.34. The van der Waals surface area contributed by atoms with Crippen molar-refractivity contribution in [2.45, 2.75) is 45.7 Å². The van der Waals surface area contributed by atoms with E-state index in [1.165, 1.54) is 11.2 Å². The molecule has 1 atom stereocenters. The molecule has 2 amide bonds. The zero-order chi connectivity index (χ0) is 25.7. The summed E-state index contributed by atoms with van der Waals surface area (Å²) in [5.74, 6) is -0.0992. The number of hydrogen-bond acceptors (Lipinski definition) is 5. The molecule has 5 heterocycles. The molecule has 3 aromatic heterocycles. The predicted molar refractivity (Wildman–Crippen MR) is 138 cm³/mol. The van der Waals surface area contributed by atoms with Gasteiger partial charge < -0.3 is 19.9 Å². The fraction of sp³-hybridized carbons (Fsp3) is 0.321. The van der Waals surface area contributed by atoms with Crippen molar-refractivity contribution in [3.63, 3.8) is 0 Å². The Balaban J connectivity index is 1.44. The van der Waals surface area contributed by atoms with E-state index in [4.69, 9.17) is 0 Å². The van der Waals surface area contributed by atoms with Crippen molar-refractivity contribution in [1.29, 1.82) is 0 Å². The maximum Gasteiger partial charge on any atom is 0.407 e. The quantitative estimate of drug-likeness (QED) is 0.427. The summed E-state index contributed by atoms with van der Waals surface area (Å²) in [5.41, 5.74) is 8.32. The third kappa shape index (κ3) is 4.00. The zero-order valence-corrected chi connectivity index (χ0v) is 20.9. The molecule has 4 aromatic rings. The van der Waals surface area contributed by atoms with Gasteiger partial charge in [-0.15, -0.1) is 0 Å². The van der Waals surface area contributed by atoms with Gasteiger partial charge in [0, 0.05) is 49.2 Å². The van der Waals surface area contributed by atoms with Crippen molar-refractivity contribution in [2.24, 2.45) is 0 Å². The van der Waals surface area contributed by atoms with Crippen molar-refractivity contribution >= 4 is 23.0 Å². The van der Waals surface area contributed by atoms with Crippen molar-refractivity contribution in [1.82, 2.24) is 29.7 Å². The summed E-state index contributed by atoms with van der Waals surface area (Å²) in [6.07, 6.45) is 8.18. The lowest BCUT2D eigenvalue weighted by Gasteiger charge is -2.34. The largest absolute Gasteiger partial charge is 0.465 e. The standard InChI is InChI=1S/C28H28N6O3/c1-16-11-30-26-21(16)10-20(12-31-26)19-8-18-5-7-33(27(35)23-13-29-15-32-17(23)2)14-24(18)22(9-19)25-4-3-6-34(25)28(36)37/h8-13,15,25H,3-7,14H2,1-2H3,(H,30,31)(H,36,37)/t25-/m0/s1. The van der Waals surface area contributed by atoms with Gasteiger partial charge in [-0.1, -0.05) is 6.07 Å². The van der Waals surface area contributed by atoms with Gasteiger partial charge in [0.15, 0.2) is 0 Å². The lowest BCUT2D eigenvalue weighted by atomic mass is 9.86. The Morgan fingerprint density at radius 1 is 1.08 bits per heavy atom. The number of amides is 2. The molecule has 6 rings (SSSR count). The van der Waals surface area contributed by atoms with E-state index in [1.54, 1.807) is 6.20 Å². The average Bonchev–Trinajstić information content (AvgIpc) is 3.55. The fourth-order valence-corrected chi connectivity index (χ4v) is 5.72. The van der Waals surface area contributed by atoms with Crippen LogP contribution in [0.1, 0.15) is 57.2 Å². The van der Waals surface area contributed by atoms with E-state index < -0.39 is 6.09 Å². The molecule has 0 bridgehead atoms. The van der Waals surface area contributed by atoms with Crippen molar-refractivity contribution < 1.29 is 14.7 Å². The minimum Gasteiger partial charge on any atom is -0.465 e. The number of rotatable bonds is 3. The monoisotopic (exact) mass is 496 g/mol. The van der Waals surface area contributed by atoms with Gasteiger partial charge in [0.25, 0.3) is 5.91 Å². The zero-order valence-electron chi connectivity index (χ0n) is 20.9. The number of likely N-dealkylation sites (tertiary alicyclic amines) is 1. The first-order chi connectivity index (χ1) is 17.9. The SMILES string of the molecule is Cc1ncncc1C(=O)N1CCc2cc(-c3cnc4[nH]cc(C)c4c3)cc([C@@H]3CCCN3C(=O)O)c2C1. The number of fused-ring (bicyclic) bond motifs is 2. The summed E-state index contributed by atoms with van der Waals surface area (Å²) in [6, 6.07) is 6.19. The highest BCUT2D eigenvalue weighted by atomic mass is 16.4. The van der Waals surface area contributed by atoms with E-state index >= 15 is 0 Å². The van der Waals surface area contributed by atoms with Crippen LogP contribution in [-0.4, -0.2) is 59.9 Å². The number of pyridine rings is 1. The van der Waals surface area contributed by atoms with E-state index in [1.807, 2.05) is 24.2 Å². The van der Waals surface area contributed by atoms with Crippen molar-refractivity contribution in [3.8, 4) is 11.1 Å². The smallest absolute Gasteiger partial charge is 0.407 e. The van der Waals surface area contributed by atoms with Gasteiger partial charge in [-0.3, -0.25) is 4.79 Å². The number of benzene rings is 1. The van der Waals surface area contributed by atoms with Crippen LogP contribution in [0.2, 0.25) is 0 Å². The van der Waals surface area contributed by atoms with Crippen LogP contribution < -0.4 is 0 Å². The first-order valence-electron chi connectivity index (χ1n) is 12.6. The molecule has 0 unspecified atom stereocenters. The van der Waals surface area contributed by atoms with Crippen LogP contribution in [0, 0.1) is 13.8 Å². The Hall–Kier alpha value is -4.27. The number of nitrogens with one attached hydrogen (secondary N) is 1. The third-order valence-corrected chi connectivity index (χ3v) is 7.73. The molecular weight excluding hydrogens is 468 g/mol. The van der Waals surface area contributed by atoms with E-state index in [0.29, 0.717) is 37.3 Å². The molecule has 2 N–H and O–H groups in total. The molecule has 1 aromatic carbocycles. The number of nitrogens with zero attached hydrogens (tertiary/aromatic N) is 5. The maximum atomic E-state index is 13.4. The van der Waals surface area contributed by atoms with Crippen LogP contribution in [0.3, 0.4) is 0 Å². The fourth-order valence-electron chi connectivity index (χ4n) is 5.72. The Kier molecular flexibility index (Phi) is 5.62. The maximum absolute atomic E-state index is 13.4. The lowest BCUT2D eigenvalue weighted by Crippen LogP contribution is -2.38. The van der Waals surface area contributed by atoms with Crippen molar-refractivity contribution in [2.75, 3.05) is 13.1 Å². The number of carboxylic acid groups (broad SMARTS) is 1. The minimum atomic E-state index is -0.909. The Bertz CT molecular complexity index is 1540. The summed E-state index contributed by atoms with van der Waals surface area (Å²) in [6.45, 7) is 5.38. The minimum absolute atomic E-state index is 0.0992. The highest BCUT2D eigenvalue weighted by Crippen LogP contribution is 2.40. The molecule has 9 nitrogen and oxygen atoms in total. The molecule has 0 aliphatic carbocycles. The van der Waals surface area contributed by atoms with Crippen LogP contribution >= 0.6 is 0 Å². The van der Waals surface area contributed by atoms with Gasteiger partial charge in [0.05, 0.1) is 17.3 Å². The van der Waals surface area contributed by atoms with Crippen LogP contribution in [0.5, 0.6) is 0 Å². The van der Waals surface area contributed by atoms with Gasteiger partial charge in [-0.05, 0) is 73.1 Å². The average molecular weight is 497 g/mol. The number of aryl methyl sites for hydroxylation is 2. The first kappa shape index (κ1) is 23.1. The molecule has 0 saturated carbocycles. The Morgan fingerprint density at radius 3 is 2.76 bits per heavy atom. The summed E-state index contributed by atoms with van der Waals surface area (Å²) in [7, 11) is 0. The number of H-pyrrole nitrogens is 1. The third-order valence-electron chi connectivity index (χ3n) is 7.73. The number of aromatic amines is 1. The second kappa shape index (κ2) is 8.99. The van der Waals surface area contributed by atoms with E-state index in [0.717, 1.165) is 57.3 Å². The summed E-state index contributed by atoms with van der Waals surface area (Å²) < 4.78 is 0. The van der Waals surface area contributed by atoms with Crippen LogP contribution in [0.25, 0.3) is 22.2 Å². The van der Waals surface area contributed by atoms with E-state index in [9.17, 15) is 14.7 Å². The molecule has 0 spiro atoms. The van der Waals surface area contributed by atoms with Crippen molar-refractivity contribution in [3.05, 3.63) is 76.6 Å². The first-order valence-corrected chi connectivity index (χ1v) is 12.6. The van der Waals surface area contributed by atoms with Crippen LogP contribution in [0.15, 0.2) is 43.1 Å². The number of carbonyl (C=O) groups is 2. The molecule has 1 fully saturated rings. The molecule has 1 saturated heterocycles. The summed E-state index contributed by atoms with van der Waals surface area (Å²) in [5, 5.41) is 11.0. The molecule has 37 heavy (non-hydrogen) atoms. The number of hydrogen-bond donors (Lipinski definition) is 2. The van der Waals surface area contributed by atoms with E-state index in [2.05, 4.69) is 45.1 Å². The molecule has 0 radical (unpaired) electrons. The predicted octanol–water partition coefficient (Wildman–Crippen LogP) is 4.65. The topological polar surface area (TPSA) is 115 Å².